The third kappa shape index (κ3) is 3.38. The number of halogens is 1. The van der Waals surface area contributed by atoms with Crippen molar-refractivity contribution in [2.24, 2.45) is 0 Å². The van der Waals surface area contributed by atoms with Crippen LogP contribution < -0.4 is 4.74 Å². The first kappa shape index (κ1) is 13.3. The fraction of sp³-hybridized carbons (Fsp3) is 0.200. The SMILES string of the molecule is CC(S)C(=O)Oc1ccc(C(=O)O)cc1I. The summed E-state index contributed by atoms with van der Waals surface area (Å²) >= 11 is 5.85. The lowest BCUT2D eigenvalue weighted by Crippen LogP contribution is -2.18. The molecule has 0 amide bonds. The number of carboxylic acid groups (broad SMARTS) is 1. The van der Waals surface area contributed by atoms with Crippen LogP contribution >= 0.6 is 35.2 Å². The van der Waals surface area contributed by atoms with E-state index >= 15 is 0 Å². The van der Waals surface area contributed by atoms with Crippen LogP contribution in [0.15, 0.2) is 18.2 Å². The number of carbonyl (C=O) groups excluding carboxylic acids is 1. The van der Waals surface area contributed by atoms with Crippen molar-refractivity contribution in [1.29, 1.82) is 0 Å². The van der Waals surface area contributed by atoms with Gasteiger partial charge in [-0.05, 0) is 47.7 Å². The Labute approximate surface area is 112 Å². The quantitative estimate of drug-likeness (QED) is 0.379. The molecule has 1 rings (SSSR count). The summed E-state index contributed by atoms with van der Waals surface area (Å²) in [7, 11) is 0. The van der Waals surface area contributed by atoms with E-state index < -0.39 is 17.2 Å². The molecule has 0 aliphatic heterocycles. The van der Waals surface area contributed by atoms with Crippen LogP contribution in [-0.4, -0.2) is 22.3 Å². The molecule has 0 saturated carbocycles. The highest BCUT2D eigenvalue weighted by atomic mass is 127. The fourth-order valence-corrected chi connectivity index (χ4v) is 1.59. The molecule has 1 aromatic rings. The second kappa shape index (κ2) is 5.53. The predicted molar refractivity (Wildman–Crippen MR) is 70.2 cm³/mol. The zero-order chi connectivity index (χ0) is 12.3. The zero-order valence-electron chi connectivity index (χ0n) is 8.31. The molecule has 0 saturated heterocycles. The van der Waals surface area contributed by atoms with E-state index in [1.54, 1.807) is 6.92 Å². The number of hydrogen-bond donors (Lipinski definition) is 2. The Morgan fingerprint density at radius 3 is 2.56 bits per heavy atom. The van der Waals surface area contributed by atoms with Crippen molar-refractivity contribution in [3.8, 4) is 5.75 Å². The molecule has 1 unspecified atom stereocenters. The number of ether oxygens (including phenoxy) is 1. The van der Waals surface area contributed by atoms with Gasteiger partial charge in [0.1, 0.15) is 5.75 Å². The lowest BCUT2D eigenvalue weighted by Gasteiger charge is -2.08. The van der Waals surface area contributed by atoms with Gasteiger partial charge < -0.3 is 9.84 Å². The van der Waals surface area contributed by atoms with Crippen LogP contribution in [0.4, 0.5) is 0 Å². The number of aromatic carboxylic acids is 1. The van der Waals surface area contributed by atoms with Gasteiger partial charge in [-0.3, -0.25) is 4.79 Å². The van der Waals surface area contributed by atoms with E-state index in [4.69, 9.17) is 9.84 Å². The molecule has 0 aliphatic carbocycles. The number of esters is 1. The molecule has 0 heterocycles. The minimum absolute atomic E-state index is 0.156. The first-order valence-corrected chi connectivity index (χ1v) is 5.94. The van der Waals surface area contributed by atoms with Crippen molar-refractivity contribution < 1.29 is 19.4 Å². The van der Waals surface area contributed by atoms with Gasteiger partial charge in [-0.15, -0.1) is 0 Å². The van der Waals surface area contributed by atoms with Gasteiger partial charge in [0, 0.05) is 0 Å². The molecule has 1 N–H and O–H groups in total. The van der Waals surface area contributed by atoms with E-state index in [2.05, 4.69) is 12.6 Å². The molecule has 4 nitrogen and oxygen atoms in total. The second-order valence-corrected chi connectivity index (χ2v) is 4.98. The van der Waals surface area contributed by atoms with Gasteiger partial charge in [0.25, 0.3) is 0 Å². The Bertz CT molecular complexity index is 431. The molecule has 0 aliphatic rings. The number of carboxylic acids is 1. The minimum atomic E-state index is -1.02. The van der Waals surface area contributed by atoms with E-state index in [9.17, 15) is 9.59 Å². The summed E-state index contributed by atoms with van der Waals surface area (Å²) in [6.45, 7) is 1.60. The Morgan fingerprint density at radius 1 is 1.50 bits per heavy atom. The zero-order valence-corrected chi connectivity index (χ0v) is 11.4. The molecule has 86 valence electrons. The summed E-state index contributed by atoms with van der Waals surface area (Å²) in [5.74, 6) is -1.14. The minimum Gasteiger partial charge on any atom is -0.478 e. The normalized spacial score (nSPS) is 11.9. The van der Waals surface area contributed by atoms with Gasteiger partial charge in [0.15, 0.2) is 0 Å². The molecule has 1 atom stereocenters. The molecular weight excluding hydrogens is 343 g/mol. The monoisotopic (exact) mass is 352 g/mol. The number of carbonyl (C=O) groups is 2. The van der Waals surface area contributed by atoms with Crippen LogP contribution in [-0.2, 0) is 4.79 Å². The van der Waals surface area contributed by atoms with E-state index in [-0.39, 0.29) is 5.56 Å². The average molecular weight is 352 g/mol. The summed E-state index contributed by atoms with van der Waals surface area (Å²) in [6, 6.07) is 4.28. The third-order valence-electron chi connectivity index (χ3n) is 1.73. The summed E-state index contributed by atoms with van der Waals surface area (Å²) in [5, 5.41) is 8.23. The maximum Gasteiger partial charge on any atom is 0.335 e. The maximum atomic E-state index is 11.3. The second-order valence-electron chi connectivity index (χ2n) is 3.05. The lowest BCUT2D eigenvalue weighted by molar-refractivity contribution is -0.133. The lowest BCUT2D eigenvalue weighted by atomic mass is 10.2. The van der Waals surface area contributed by atoms with Crippen LogP contribution in [0.3, 0.4) is 0 Å². The standard InChI is InChI=1S/C10H9IO4S/c1-5(16)10(14)15-8-3-2-6(9(12)13)4-7(8)11/h2-5,16H,1H3,(H,12,13). The van der Waals surface area contributed by atoms with Crippen LogP contribution in [0, 0.1) is 3.57 Å². The van der Waals surface area contributed by atoms with E-state index in [1.165, 1.54) is 18.2 Å². The van der Waals surface area contributed by atoms with Crippen molar-refractivity contribution in [1.82, 2.24) is 0 Å². The summed E-state index contributed by atoms with van der Waals surface area (Å²) < 4.78 is 5.59. The molecule has 0 spiro atoms. The summed E-state index contributed by atoms with van der Waals surface area (Å²) in [4.78, 5) is 21.9. The topological polar surface area (TPSA) is 63.6 Å². The van der Waals surface area contributed by atoms with Crippen molar-refractivity contribution in [3.05, 3.63) is 27.3 Å². The Kier molecular flexibility index (Phi) is 4.60. The number of rotatable bonds is 3. The van der Waals surface area contributed by atoms with E-state index in [0.29, 0.717) is 9.32 Å². The third-order valence-corrected chi connectivity index (χ3v) is 2.78. The Hall–Kier alpha value is -0.760. The molecule has 6 heteroatoms. The highest BCUT2D eigenvalue weighted by Crippen LogP contribution is 2.22. The van der Waals surface area contributed by atoms with Crippen molar-refractivity contribution in [3.63, 3.8) is 0 Å². The number of benzene rings is 1. The highest BCUT2D eigenvalue weighted by Gasteiger charge is 2.14. The average Bonchev–Trinajstić information content (AvgIpc) is 2.20. The first-order chi connectivity index (χ1) is 7.41. The van der Waals surface area contributed by atoms with Gasteiger partial charge in [0.05, 0.1) is 14.4 Å². The van der Waals surface area contributed by atoms with Crippen LogP contribution in [0.1, 0.15) is 17.3 Å². The van der Waals surface area contributed by atoms with Crippen LogP contribution in [0.25, 0.3) is 0 Å². The Balaban J connectivity index is 2.91. The largest absolute Gasteiger partial charge is 0.478 e. The molecule has 0 aromatic heterocycles. The maximum absolute atomic E-state index is 11.3. The fourth-order valence-electron chi connectivity index (χ4n) is 0.910. The molecule has 0 bridgehead atoms. The first-order valence-electron chi connectivity index (χ1n) is 4.34. The van der Waals surface area contributed by atoms with Gasteiger partial charge in [-0.2, -0.15) is 12.6 Å². The van der Waals surface area contributed by atoms with Crippen molar-refractivity contribution in [2.75, 3.05) is 0 Å². The van der Waals surface area contributed by atoms with Crippen LogP contribution in [0.2, 0.25) is 0 Å². The van der Waals surface area contributed by atoms with Gasteiger partial charge in [-0.25, -0.2) is 4.79 Å². The molecule has 0 radical (unpaired) electrons. The summed E-state index contributed by atoms with van der Waals surface area (Å²) in [5.41, 5.74) is 0.156. The highest BCUT2D eigenvalue weighted by molar-refractivity contribution is 14.1. The smallest absolute Gasteiger partial charge is 0.335 e. The molecule has 1 aromatic carbocycles. The predicted octanol–water partition coefficient (Wildman–Crippen LogP) is 2.21. The van der Waals surface area contributed by atoms with Crippen molar-refractivity contribution >= 4 is 47.2 Å². The molecule has 16 heavy (non-hydrogen) atoms. The van der Waals surface area contributed by atoms with E-state index in [0.717, 1.165) is 0 Å². The summed E-state index contributed by atoms with van der Waals surface area (Å²) in [6.07, 6.45) is 0. The van der Waals surface area contributed by atoms with E-state index in [1.807, 2.05) is 22.6 Å². The number of hydrogen-bond acceptors (Lipinski definition) is 4. The van der Waals surface area contributed by atoms with Gasteiger partial charge >= 0.3 is 11.9 Å². The number of thiol groups is 1. The molecule has 0 fully saturated rings. The van der Waals surface area contributed by atoms with Gasteiger partial charge in [0.2, 0.25) is 0 Å². The molecular formula is C10H9IO4S. The van der Waals surface area contributed by atoms with Gasteiger partial charge in [-0.1, -0.05) is 0 Å². The van der Waals surface area contributed by atoms with Crippen LogP contribution in [0.5, 0.6) is 5.75 Å². The Morgan fingerprint density at radius 2 is 2.12 bits per heavy atom. The van der Waals surface area contributed by atoms with Crippen molar-refractivity contribution in [2.45, 2.75) is 12.2 Å².